The molecule has 0 spiro atoms. The fourth-order valence-corrected chi connectivity index (χ4v) is 3.96. The Bertz CT molecular complexity index is 1160. The number of hydrogen-bond acceptors (Lipinski definition) is 5. The second-order valence-electron chi connectivity index (χ2n) is 7.02. The van der Waals surface area contributed by atoms with Crippen molar-refractivity contribution in [2.45, 2.75) is 18.3 Å². The average molecular weight is 413 g/mol. The Morgan fingerprint density at radius 2 is 1.68 bits per heavy atom. The molecule has 3 aromatic carbocycles. The summed E-state index contributed by atoms with van der Waals surface area (Å²) >= 11 is 0. The normalized spacial score (nSPS) is 13.5. The molecule has 0 heterocycles. The van der Waals surface area contributed by atoms with E-state index in [1.165, 1.54) is 7.11 Å². The number of fused-ring (bicyclic) bond motifs is 1. The van der Waals surface area contributed by atoms with E-state index in [1.807, 2.05) is 36.4 Å². The molecular weight excluding hydrogens is 390 g/mol. The van der Waals surface area contributed by atoms with Gasteiger partial charge in [-0.05, 0) is 28.8 Å². The van der Waals surface area contributed by atoms with Crippen LogP contribution in [-0.2, 0) is 24.5 Å². The minimum Gasteiger partial charge on any atom is -0.466 e. The van der Waals surface area contributed by atoms with Crippen molar-refractivity contribution in [2.75, 3.05) is 13.7 Å². The van der Waals surface area contributed by atoms with Crippen LogP contribution in [0.5, 0.6) is 0 Å². The summed E-state index contributed by atoms with van der Waals surface area (Å²) in [7, 11) is 1.24. The first-order valence-corrected chi connectivity index (χ1v) is 9.90. The highest BCUT2D eigenvalue weighted by molar-refractivity contribution is 5.98. The van der Waals surface area contributed by atoms with Crippen molar-refractivity contribution in [1.29, 1.82) is 5.26 Å². The summed E-state index contributed by atoms with van der Waals surface area (Å²) in [5, 5.41) is 12.2. The van der Waals surface area contributed by atoms with E-state index in [0.717, 1.165) is 10.8 Å². The van der Waals surface area contributed by atoms with Gasteiger partial charge in [-0.2, -0.15) is 5.26 Å². The topological polar surface area (TPSA) is 76.4 Å². The smallest absolute Gasteiger partial charge is 0.333 e. The van der Waals surface area contributed by atoms with Crippen LogP contribution in [-0.4, -0.2) is 25.7 Å². The van der Waals surface area contributed by atoms with Crippen LogP contribution in [0.4, 0.5) is 0 Å². The number of hydrogen-bond donors (Lipinski definition) is 0. The van der Waals surface area contributed by atoms with Crippen molar-refractivity contribution >= 4 is 22.7 Å². The van der Waals surface area contributed by atoms with Crippen molar-refractivity contribution in [3.05, 3.63) is 96.1 Å². The second kappa shape index (κ2) is 9.27. The molecule has 0 radical (unpaired) electrons. The molecule has 0 N–H and O–H groups in total. The average Bonchev–Trinajstić information content (AvgIpc) is 2.82. The lowest BCUT2D eigenvalue weighted by atomic mass is 9.65. The number of nitriles is 1. The number of nitrogens with zero attached hydrogens (tertiary/aromatic N) is 1. The van der Waals surface area contributed by atoms with E-state index in [-0.39, 0.29) is 12.2 Å². The van der Waals surface area contributed by atoms with Crippen molar-refractivity contribution in [1.82, 2.24) is 0 Å². The zero-order valence-corrected chi connectivity index (χ0v) is 17.5. The lowest BCUT2D eigenvalue weighted by Gasteiger charge is -2.34. The predicted molar refractivity (Wildman–Crippen MR) is 118 cm³/mol. The molecule has 3 aromatic rings. The number of carbonyl (C=O) groups is 2. The van der Waals surface area contributed by atoms with E-state index in [4.69, 9.17) is 9.47 Å². The molecule has 0 saturated heterocycles. The molecule has 31 heavy (non-hydrogen) atoms. The van der Waals surface area contributed by atoms with Crippen LogP contribution in [0.1, 0.15) is 24.0 Å². The summed E-state index contributed by atoms with van der Waals surface area (Å²) in [5.74, 6) is -2.47. The van der Waals surface area contributed by atoms with Crippen molar-refractivity contribution in [3.63, 3.8) is 0 Å². The lowest BCUT2D eigenvalue weighted by Crippen LogP contribution is -2.44. The zero-order valence-electron chi connectivity index (χ0n) is 17.5. The van der Waals surface area contributed by atoms with Gasteiger partial charge in [0.2, 0.25) is 0 Å². The van der Waals surface area contributed by atoms with Gasteiger partial charge in [-0.3, -0.25) is 0 Å². The van der Waals surface area contributed by atoms with E-state index in [0.29, 0.717) is 11.1 Å². The number of ether oxygens (including phenoxy) is 2. The monoisotopic (exact) mass is 413 g/mol. The first-order valence-electron chi connectivity index (χ1n) is 9.90. The van der Waals surface area contributed by atoms with Crippen LogP contribution >= 0.6 is 0 Å². The standard InChI is InChI=1S/C26H23NO4/c1-4-31-25(29)26(17-27,20-13-6-5-7-14-20)23(18(2)24(28)30-3)22-16-10-12-19-11-8-9-15-21(19)22/h5-16,23H,2,4H2,1,3H3. The van der Waals surface area contributed by atoms with Gasteiger partial charge < -0.3 is 9.47 Å². The van der Waals surface area contributed by atoms with E-state index in [1.54, 1.807) is 43.3 Å². The van der Waals surface area contributed by atoms with Crippen LogP contribution in [0.25, 0.3) is 10.8 Å². The summed E-state index contributed by atoms with van der Waals surface area (Å²) in [5.41, 5.74) is -0.810. The molecular formula is C26H23NO4. The highest BCUT2D eigenvalue weighted by Gasteiger charge is 2.53. The Hall–Kier alpha value is -3.91. The molecule has 0 aliphatic carbocycles. The molecule has 0 aromatic heterocycles. The second-order valence-corrected chi connectivity index (χ2v) is 7.02. The van der Waals surface area contributed by atoms with Crippen LogP contribution in [0.2, 0.25) is 0 Å². The Balaban J connectivity index is 2.42. The molecule has 0 bridgehead atoms. The predicted octanol–water partition coefficient (Wildman–Crippen LogP) is 4.68. The molecule has 3 rings (SSSR count). The maximum Gasteiger partial charge on any atom is 0.333 e. The molecule has 2 unspecified atom stereocenters. The molecule has 2 atom stereocenters. The summed E-state index contributed by atoms with van der Waals surface area (Å²) in [6, 6.07) is 24.0. The number of esters is 2. The summed E-state index contributed by atoms with van der Waals surface area (Å²) in [6.45, 7) is 5.72. The Labute approximate surface area is 181 Å². The minimum absolute atomic E-state index is 0.00249. The van der Waals surface area contributed by atoms with Crippen LogP contribution in [0.15, 0.2) is 84.9 Å². The maximum absolute atomic E-state index is 13.4. The summed E-state index contributed by atoms with van der Waals surface area (Å²) in [6.07, 6.45) is 0. The quantitative estimate of drug-likeness (QED) is 0.415. The van der Waals surface area contributed by atoms with Crippen molar-refractivity contribution < 1.29 is 19.1 Å². The molecule has 0 aliphatic heterocycles. The first-order chi connectivity index (χ1) is 15.0. The fraction of sp³-hybridized carbons (Fsp3) is 0.192. The molecule has 0 saturated carbocycles. The van der Waals surface area contributed by atoms with E-state index in [2.05, 4.69) is 12.6 Å². The Morgan fingerprint density at radius 1 is 1.03 bits per heavy atom. The van der Waals surface area contributed by atoms with Gasteiger partial charge in [0, 0.05) is 11.5 Å². The molecule has 0 aliphatic rings. The van der Waals surface area contributed by atoms with E-state index < -0.39 is 23.3 Å². The van der Waals surface area contributed by atoms with Gasteiger partial charge in [0.1, 0.15) is 0 Å². The SMILES string of the molecule is C=C(C(=O)OC)C(c1cccc2ccccc12)C(C#N)(C(=O)OCC)c1ccccc1. The molecule has 0 fully saturated rings. The number of benzene rings is 3. The van der Waals surface area contributed by atoms with E-state index in [9.17, 15) is 14.9 Å². The minimum atomic E-state index is -1.84. The van der Waals surface area contributed by atoms with Crippen LogP contribution in [0.3, 0.4) is 0 Å². The third kappa shape index (κ3) is 3.80. The van der Waals surface area contributed by atoms with Crippen LogP contribution < -0.4 is 0 Å². The third-order valence-corrected chi connectivity index (χ3v) is 5.37. The van der Waals surface area contributed by atoms with E-state index >= 15 is 0 Å². The third-order valence-electron chi connectivity index (χ3n) is 5.37. The van der Waals surface area contributed by atoms with Crippen LogP contribution in [0, 0.1) is 11.3 Å². The highest BCUT2D eigenvalue weighted by atomic mass is 16.5. The number of rotatable bonds is 7. The van der Waals surface area contributed by atoms with Crippen molar-refractivity contribution in [3.8, 4) is 6.07 Å². The zero-order chi connectivity index (χ0) is 22.4. The largest absolute Gasteiger partial charge is 0.466 e. The highest BCUT2D eigenvalue weighted by Crippen LogP contribution is 2.46. The Kier molecular flexibility index (Phi) is 6.52. The molecule has 156 valence electrons. The summed E-state index contributed by atoms with van der Waals surface area (Å²) in [4.78, 5) is 26.1. The van der Waals surface area contributed by atoms with Gasteiger partial charge in [-0.25, -0.2) is 9.59 Å². The maximum atomic E-state index is 13.4. The van der Waals surface area contributed by atoms with Crippen molar-refractivity contribution in [2.24, 2.45) is 0 Å². The Morgan fingerprint density at radius 3 is 2.32 bits per heavy atom. The molecule has 0 amide bonds. The summed E-state index contributed by atoms with van der Waals surface area (Å²) < 4.78 is 10.3. The van der Waals surface area contributed by atoms with Gasteiger partial charge in [0.15, 0.2) is 5.41 Å². The van der Waals surface area contributed by atoms with Gasteiger partial charge in [0.05, 0.1) is 19.8 Å². The van der Waals surface area contributed by atoms with Gasteiger partial charge in [0.25, 0.3) is 0 Å². The number of methoxy groups -OCH3 is 1. The van der Waals surface area contributed by atoms with Gasteiger partial charge in [-0.15, -0.1) is 0 Å². The molecule has 5 nitrogen and oxygen atoms in total. The van der Waals surface area contributed by atoms with Gasteiger partial charge in [-0.1, -0.05) is 79.4 Å². The molecule has 5 heteroatoms. The lowest BCUT2D eigenvalue weighted by molar-refractivity contribution is -0.148. The van der Waals surface area contributed by atoms with Gasteiger partial charge >= 0.3 is 11.9 Å². The first kappa shape index (κ1) is 21.8. The fourth-order valence-electron chi connectivity index (χ4n) is 3.96. The number of carbonyl (C=O) groups excluding carboxylic acids is 2.